The van der Waals surface area contributed by atoms with Gasteiger partial charge in [0.1, 0.15) is 5.75 Å². The molecule has 2 N–H and O–H groups in total. The molecule has 1 aliphatic rings. The zero-order valence-corrected chi connectivity index (χ0v) is 21.6. The van der Waals surface area contributed by atoms with Crippen molar-refractivity contribution >= 4 is 40.0 Å². The molecule has 0 radical (unpaired) electrons. The maximum absolute atomic E-state index is 12.9. The zero-order valence-electron chi connectivity index (χ0n) is 21.6. The van der Waals surface area contributed by atoms with Crippen LogP contribution in [0.15, 0.2) is 103 Å². The first-order chi connectivity index (χ1) is 19.6. The van der Waals surface area contributed by atoms with Crippen LogP contribution >= 0.6 is 0 Å². The van der Waals surface area contributed by atoms with Crippen LogP contribution in [0.25, 0.3) is 16.6 Å². The summed E-state index contributed by atoms with van der Waals surface area (Å²) in [5, 5.41) is 11.1. The summed E-state index contributed by atoms with van der Waals surface area (Å²) in [6.45, 7) is 3.14. The average molecular weight is 534 g/mol. The smallest absolute Gasteiger partial charge is 0.410 e. The molecule has 6 rings (SSSR count). The second-order valence-corrected chi connectivity index (χ2v) is 9.30. The second kappa shape index (κ2) is 11.3. The fourth-order valence-corrected chi connectivity index (χ4v) is 4.59. The minimum absolute atomic E-state index is 0.172. The van der Waals surface area contributed by atoms with E-state index in [-0.39, 0.29) is 5.91 Å². The minimum Gasteiger partial charge on any atom is -0.410 e. The predicted octanol–water partition coefficient (Wildman–Crippen LogP) is 5.73. The van der Waals surface area contributed by atoms with Crippen molar-refractivity contribution in [3.05, 3.63) is 109 Å². The number of ether oxygens (including phenoxy) is 2. The van der Waals surface area contributed by atoms with Crippen molar-refractivity contribution in [2.24, 2.45) is 0 Å². The molecule has 1 aliphatic heterocycles. The van der Waals surface area contributed by atoms with Gasteiger partial charge in [0.05, 0.1) is 30.6 Å². The average Bonchev–Trinajstić information content (AvgIpc) is 3.42. The topological polar surface area (TPSA) is 97.7 Å². The Hall–Kier alpha value is -5.15. The highest BCUT2D eigenvalue weighted by Crippen LogP contribution is 2.24. The van der Waals surface area contributed by atoms with Crippen LogP contribution in [0.3, 0.4) is 0 Å². The summed E-state index contributed by atoms with van der Waals surface area (Å²) in [5.41, 5.74) is 4.68. The molecule has 2 amide bonds. The van der Waals surface area contributed by atoms with Gasteiger partial charge in [-0.2, -0.15) is 5.10 Å². The molecule has 0 aliphatic carbocycles. The molecular weight excluding hydrogens is 506 g/mol. The molecule has 200 valence electrons. The molecule has 0 bridgehead atoms. The van der Waals surface area contributed by atoms with E-state index < -0.39 is 6.09 Å². The van der Waals surface area contributed by atoms with Crippen molar-refractivity contribution < 1.29 is 19.1 Å². The molecule has 0 spiro atoms. The molecule has 0 atom stereocenters. The maximum Gasteiger partial charge on any atom is 0.417 e. The Balaban J connectivity index is 1.10. The Kier molecular flexibility index (Phi) is 7.11. The summed E-state index contributed by atoms with van der Waals surface area (Å²) in [4.78, 5) is 27.3. The lowest BCUT2D eigenvalue weighted by Crippen LogP contribution is -2.36. The van der Waals surface area contributed by atoms with E-state index in [1.54, 1.807) is 47.3 Å². The van der Waals surface area contributed by atoms with Gasteiger partial charge in [-0.05, 0) is 78.9 Å². The van der Waals surface area contributed by atoms with Gasteiger partial charge in [-0.25, -0.2) is 9.48 Å². The van der Waals surface area contributed by atoms with Crippen LogP contribution in [0.2, 0.25) is 0 Å². The molecule has 9 nitrogen and oxygen atoms in total. The molecule has 0 saturated carbocycles. The van der Waals surface area contributed by atoms with E-state index in [2.05, 4.69) is 20.6 Å². The van der Waals surface area contributed by atoms with E-state index in [1.807, 2.05) is 60.7 Å². The van der Waals surface area contributed by atoms with Crippen molar-refractivity contribution in [1.29, 1.82) is 0 Å². The Labute approximate surface area is 230 Å². The van der Waals surface area contributed by atoms with Crippen LogP contribution in [0, 0.1) is 0 Å². The van der Waals surface area contributed by atoms with Crippen molar-refractivity contribution in [1.82, 2.24) is 9.78 Å². The number of fused-ring (bicyclic) bond motifs is 1. The zero-order chi connectivity index (χ0) is 27.3. The summed E-state index contributed by atoms with van der Waals surface area (Å²) in [6.07, 6.45) is 1.19. The number of nitrogens with one attached hydrogen (secondary N) is 2. The van der Waals surface area contributed by atoms with E-state index >= 15 is 0 Å². The van der Waals surface area contributed by atoms with E-state index in [0.29, 0.717) is 22.7 Å². The van der Waals surface area contributed by atoms with Gasteiger partial charge in [0, 0.05) is 41.1 Å². The number of anilines is 3. The SMILES string of the molecule is O=C(Nc1ccc(-n2ncc3cc(NC(=O)c4ccc(N5CCOCC5)cc4)ccc32)cc1)Oc1ccccc1. The maximum atomic E-state index is 12.9. The van der Waals surface area contributed by atoms with Gasteiger partial charge in [0.15, 0.2) is 0 Å². The van der Waals surface area contributed by atoms with E-state index in [0.717, 1.165) is 48.6 Å². The van der Waals surface area contributed by atoms with Crippen LogP contribution < -0.4 is 20.3 Å². The number of morpholine rings is 1. The van der Waals surface area contributed by atoms with Crippen molar-refractivity contribution in [2.45, 2.75) is 0 Å². The highest BCUT2D eigenvalue weighted by Gasteiger charge is 2.13. The summed E-state index contributed by atoms with van der Waals surface area (Å²) < 4.78 is 12.5. The lowest BCUT2D eigenvalue weighted by Gasteiger charge is -2.28. The van der Waals surface area contributed by atoms with Gasteiger partial charge in [-0.1, -0.05) is 18.2 Å². The normalized spacial score (nSPS) is 13.2. The quantitative estimate of drug-likeness (QED) is 0.290. The number of carbonyl (C=O) groups excluding carboxylic acids is 2. The standard InChI is InChI=1S/C31H27N5O4/c37-30(22-6-11-26(12-7-22)35-16-18-39-19-17-35)33-25-10-15-29-23(20-25)21-32-36(29)27-13-8-24(9-14-27)34-31(38)40-28-4-2-1-3-5-28/h1-15,20-21H,16-19H2,(H,33,37)(H,34,38). The number of aromatic nitrogens is 2. The van der Waals surface area contributed by atoms with E-state index in [1.165, 1.54) is 0 Å². The molecule has 2 heterocycles. The van der Waals surface area contributed by atoms with Gasteiger partial charge in [-0.3, -0.25) is 10.1 Å². The number of para-hydroxylation sites is 1. The van der Waals surface area contributed by atoms with Crippen molar-refractivity contribution in [3.63, 3.8) is 0 Å². The summed E-state index contributed by atoms with van der Waals surface area (Å²) in [7, 11) is 0. The third-order valence-electron chi connectivity index (χ3n) is 6.64. The van der Waals surface area contributed by atoms with Crippen LogP contribution in [0.4, 0.5) is 21.9 Å². The van der Waals surface area contributed by atoms with E-state index in [9.17, 15) is 9.59 Å². The monoisotopic (exact) mass is 533 g/mol. The van der Waals surface area contributed by atoms with Crippen molar-refractivity contribution in [2.75, 3.05) is 41.8 Å². The molecule has 9 heteroatoms. The molecular formula is C31H27N5O4. The van der Waals surface area contributed by atoms with Gasteiger partial charge in [0.25, 0.3) is 5.91 Å². The number of rotatable bonds is 6. The van der Waals surface area contributed by atoms with Gasteiger partial charge in [0.2, 0.25) is 0 Å². The highest BCUT2D eigenvalue weighted by molar-refractivity contribution is 6.05. The minimum atomic E-state index is -0.564. The fourth-order valence-electron chi connectivity index (χ4n) is 4.59. The summed E-state index contributed by atoms with van der Waals surface area (Å²) in [6, 6.07) is 29.5. The number of carbonyl (C=O) groups is 2. The van der Waals surface area contributed by atoms with Gasteiger partial charge >= 0.3 is 6.09 Å². The number of nitrogens with zero attached hydrogens (tertiary/aromatic N) is 3. The molecule has 40 heavy (non-hydrogen) atoms. The Bertz CT molecular complexity index is 1630. The summed E-state index contributed by atoms with van der Waals surface area (Å²) >= 11 is 0. The van der Waals surface area contributed by atoms with Crippen LogP contribution in [-0.2, 0) is 4.74 Å². The molecule has 4 aromatic carbocycles. The Morgan fingerprint density at radius 2 is 1.48 bits per heavy atom. The first kappa shape index (κ1) is 25.1. The third kappa shape index (κ3) is 5.64. The number of hydrogen-bond acceptors (Lipinski definition) is 6. The molecule has 5 aromatic rings. The Morgan fingerprint density at radius 1 is 0.775 bits per heavy atom. The van der Waals surface area contributed by atoms with E-state index in [4.69, 9.17) is 9.47 Å². The van der Waals surface area contributed by atoms with Crippen LogP contribution in [-0.4, -0.2) is 48.1 Å². The molecule has 1 fully saturated rings. The molecule has 1 aromatic heterocycles. The van der Waals surface area contributed by atoms with Crippen molar-refractivity contribution in [3.8, 4) is 11.4 Å². The first-order valence-electron chi connectivity index (χ1n) is 13.0. The number of benzene rings is 4. The highest BCUT2D eigenvalue weighted by atomic mass is 16.6. The predicted molar refractivity (Wildman–Crippen MR) is 155 cm³/mol. The lowest BCUT2D eigenvalue weighted by molar-refractivity contribution is 0.102. The summed E-state index contributed by atoms with van der Waals surface area (Å²) in [5.74, 6) is 0.297. The second-order valence-electron chi connectivity index (χ2n) is 9.30. The molecule has 1 saturated heterocycles. The fraction of sp³-hybridized carbons (Fsp3) is 0.129. The lowest BCUT2D eigenvalue weighted by atomic mass is 10.1. The Morgan fingerprint density at radius 3 is 2.23 bits per heavy atom. The first-order valence-corrected chi connectivity index (χ1v) is 13.0. The molecule has 0 unspecified atom stereocenters. The number of amides is 2. The number of hydrogen-bond donors (Lipinski definition) is 2. The largest absolute Gasteiger partial charge is 0.417 e. The van der Waals surface area contributed by atoms with Gasteiger partial charge in [-0.15, -0.1) is 0 Å². The van der Waals surface area contributed by atoms with Gasteiger partial charge < -0.3 is 19.7 Å². The van der Waals surface area contributed by atoms with Crippen LogP contribution in [0.5, 0.6) is 5.75 Å². The van der Waals surface area contributed by atoms with Crippen LogP contribution in [0.1, 0.15) is 10.4 Å². The third-order valence-corrected chi connectivity index (χ3v) is 6.64.